The van der Waals surface area contributed by atoms with E-state index in [1.165, 1.54) is 0 Å². The maximum Gasteiger partial charge on any atom is 0.336 e. The Hall–Kier alpha value is -3.14. The summed E-state index contributed by atoms with van der Waals surface area (Å²) in [5.41, 5.74) is 4.45. The predicted molar refractivity (Wildman–Crippen MR) is 86.1 cm³/mol. The zero-order valence-corrected chi connectivity index (χ0v) is 12.0. The maximum atomic E-state index is 11.4. The number of carboxylic acid groups (broad SMARTS) is 2. The van der Waals surface area contributed by atoms with Gasteiger partial charge in [0.25, 0.3) is 0 Å². The Morgan fingerprint density at radius 1 is 0.826 bits per heavy atom. The lowest BCUT2D eigenvalue weighted by atomic mass is 9.82. The average Bonchev–Trinajstić information content (AvgIpc) is 2.54. The van der Waals surface area contributed by atoms with Crippen molar-refractivity contribution in [3.8, 4) is 11.1 Å². The van der Waals surface area contributed by atoms with Crippen molar-refractivity contribution in [3.05, 3.63) is 70.8 Å². The van der Waals surface area contributed by atoms with Gasteiger partial charge in [-0.05, 0) is 57.6 Å². The molecule has 0 unspecified atom stereocenters. The third-order valence-electron chi connectivity index (χ3n) is 4.38. The highest BCUT2D eigenvalue weighted by molar-refractivity contribution is 6.11. The lowest BCUT2D eigenvalue weighted by Crippen LogP contribution is -2.06. The SMILES string of the molecule is O=C(O)c1ccc2c(c1)Cc1ccc(C(=O)O)c3cccc-2c13. The van der Waals surface area contributed by atoms with Crippen LogP contribution in [0.5, 0.6) is 0 Å². The Bertz CT molecular complexity index is 1000. The Balaban J connectivity index is 2.06. The van der Waals surface area contributed by atoms with E-state index in [4.69, 9.17) is 5.11 Å². The molecule has 0 fully saturated rings. The highest BCUT2D eigenvalue weighted by atomic mass is 16.4. The molecule has 1 aliphatic carbocycles. The molecule has 0 amide bonds. The van der Waals surface area contributed by atoms with Crippen molar-refractivity contribution in [2.75, 3.05) is 0 Å². The number of aromatic carboxylic acids is 2. The smallest absolute Gasteiger partial charge is 0.336 e. The van der Waals surface area contributed by atoms with Crippen LogP contribution in [0.3, 0.4) is 0 Å². The first kappa shape index (κ1) is 13.5. The van der Waals surface area contributed by atoms with E-state index in [9.17, 15) is 14.7 Å². The van der Waals surface area contributed by atoms with Crippen LogP contribution < -0.4 is 0 Å². The van der Waals surface area contributed by atoms with Gasteiger partial charge < -0.3 is 10.2 Å². The van der Waals surface area contributed by atoms with E-state index in [-0.39, 0.29) is 11.1 Å². The fourth-order valence-corrected chi connectivity index (χ4v) is 3.38. The van der Waals surface area contributed by atoms with Crippen molar-refractivity contribution in [1.82, 2.24) is 0 Å². The molecule has 0 bridgehead atoms. The lowest BCUT2D eigenvalue weighted by molar-refractivity contribution is 0.0687. The number of carbonyl (C=O) groups is 2. The largest absolute Gasteiger partial charge is 0.478 e. The zero-order chi connectivity index (χ0) is 16.1. The zero-order valence-electron chi connectivity index (χ0n) is 12.0. The number of carboxylic acids is 2. The molecule has 0 aliphatic heterocycles. The van der Waals surface area contributed by atoms with Gasteiger partial charge in [-0.15, -0.1) is 0 Å². The second-order valence-corrected chi connectivity index (χ2v) is 5.66. The van der Waals surface area contributed by atoms with Crippen molar-refractivity contribution in [3.63, 3.8) is 0 Å². The summed E-state index contributed by atoms with van der Waals surface area (Å²) in [6, 6.07) is 14.2. The summed E-state index contributed by atoms with van der Waals surface area (Å²) in [5.74, 6) is -1.89. The van der Waals surface area contributed by atoms with Crippen LogP contribution in [0.1, 0.15) is 31.8 Å². The highest BCUT2D eigenvalue weighted by Gasteiger charge is 2.21. The monoisotopic (exact) mass is 304 g/mol. The third-order valence-corrected chi connectivity index (χ3v) is 4.38. The van der Waals surface area contributed by atoms with Crippen molar-refractivity contribution in [1.29, 1.82) is 0 Å². The third kappa shape index (κ3) is 1.92. The number of hydrogen-bond donors (Lipinski definition) is 2. The number of fused-ring (bicyclic) bond motifs is 2. The molecule has 0 spiro atoms. The van der Waals surface area contributed by atoms with Crippen molar-refractivity contribution in [2.24, 2.45) is 0 Å². The van der Waals surface area contributed by atoms with Gasteiger partial charge >= 0.3 is 11.9 Å². The summed E-state index contributed by atoms with van der Waals surface area (Å²) in [7, 11) is 0. The van der Waals surface area contributed by atoms with Gasteiger partial charge in [0, 0.05) is 0 Å². The van der Waals surface area contributed by atoms with E-state index in [2.05, 4.69) is 0 Å². The average molecular weight is 304 g/mol. The lowest BCUT2D eigenvalue weighted by Gasteiger charge is -2.22. The van der Waals surface area contributed by atoms with E-state index in [0.29, 0.717) is 6.42 Å². The van der Waals surface area contributed by atoms with Crippen LogP contribution in [0.2, 0.25) is 0 Å². The molecule has 112 valence electrons. The molecule has 0 atom stereocenters. The van der Waals surface area contributed by atoms with Crippen LogP contribution in [0, 0.1) is 0 Å². The fraction of sp³-hybridized carbons (Fsp3) is 0.0526. The predicted octanol–water partition coefficient (Wildman–Crippen LogP) is 3.81. The van der Waals surface area contributed by atoms with Gasteiger partial charge in [-0.25, -0.2) is 9.59 Å². The first-order chi connectivity index (χ1) is 11.1. The molecule has 0 saturated carbocycles. The molecule has 0 radical (unpaired) electrons. The summed E-state index contributed by atoms with van der Waals surface area (Å²) < 4.78 is 0. The molecule has 4 rings (SSSR count). The standard InChI is InChI=1S/C19H12O4/c20-18(21)11-5-6-13-12(9-11)8-10-4-7-16(19(22)23)15-3-1-2-14(13)17(10)15/h1-7,9H,8H2,(H,20,21)(H,22,23). The highest BCUT2D eigenvalue weighted by Crippen LogP contribution is 2.40. The molecular weight excluding hydrogens is 292 g/mol. The molecular formula is C19H12O4. The number of hydrogen-bond acceptors (Lipinski definition) is 2. The topological polar surface area (TPSA) is 74.6 Å². The van der Waals surface area contributed by atoms with Crippen LogP contribution in [0.4, 0.5) is 0 Å². The number of rotatable bonds is 2. The Morgan fingerprint density at radius 2 is 1.65 bits per heavy atom. The first-order valence-corrected chi connectivity index (χ1v) is 7.21. The van der Waals surface area contributed by atoms with Crippen LogP contribution >= 0.6 is 0 Å². The maximum absolute atomic E-state index is 11.4. The molecule has 0 heterocycles. The Kier molecular flexibility index (Phi) is 2.75. The molecule has 23 heavy (non-hydrogen) atoms. The summed E-state index contributed by atoms with van der Waals surface area (Å²) in [5, 5.41) is 20.2. The van der Waals surface area contributed by atoms with Crippen molar-refractivity contribution >= 4 is 22.7 Å². The van der Waals surface area contributed by atoms with Gasteiger partial charge in [0.2, 0.25) is 0 Å². The minimum absolute atomic E-state index is 0.265. The Labute approximate surface area is 131 Å². The van der Waals surface area contributed by atoms with Crippen LogP contribution in [-0.2, 0) is 6.42 Å². The fourth-order valence-electron chi connectivity index (χ4n) is 3.38. The normalized spacial score (nSPS) is 12.0. The van der Waals surface area contributed by atoms with E-state index in [1.54, 1.807) is 18.2 Å². The molecule has 2 N–H and O–H groups in total. The Morgan fingerprint density at radius 3 is 2.39 bits per heavy atom. The summed E-state index contributed by atoms with van der Waals surface area (Å²) >= 11 is 0. The van der Waals surface area contributed by atoms with Gasteiger partial charge in [-0.1, -0.05) is 30.3 Å². The van der Waals surface area contributed by atoms with Crippen molar-refractivity contribution < 1.29 is 19.8 Å². The van der Waals surface area contributed by atoms with Gasteiger partial charge in [0.15, 0.2) is 0 Å². The quantitative estimate of drug-likeness (QED) is 0.590. The molecule has 3 aromatic rings. The summed E-state index contributed by atoms with van der Waals surface area (Å²) in [4.78, 5) is 22.6. The van der Waals surface area contributed by atoms with Gasteiger partial charge in [-0.3, -0.25) is 0 Å². The minimum Gasteiger partial charge on any atom is -0.478 e. The molecule has 1 aliphatic rings. The van der Waals surface area contributed by atoms with E-state index in [1.807, 2.05) is 30.3 Å². The molecule has 0 aromatic heterocycles. The van der Waals surface area contributed by atoms with Crippen molar-refractivity contribution in [2.45, 2.75) is 6.42 Å². The van der Waals surface area contributed by atoms with Crippen LogP contribution in [0.15, 0.2) is 48.5 Å². The summed E-state index contributed by atoms with van der Waals surface area (Å²) in [6.45, 7) is 0. The first-order valence-electron chi connectivity index (χ1n) is 7.21. The molecule has 4 nitrogen and oxygen atoms in total. The van der Waals surface area contributed by atoms with Crippen LogP contribution in [-0.4, -0.2) is 22.2 Å². The molecule has 0 saturated heterocycles. The number of benzene rings is 3. The second kappa shape index (κ2) is 4.68. The van der Waals surface area contributed by atoms with E-state index >= 15 is 0 Å². The molecule has 4 heteroatoms. The second-order valence-electron chi connectivity index (χ2n) is 5.66. The van der Waals surface area contributed by atoms with Gasteiger partial charge in [-0.2, -0.15) is 0 Å². The van der Waals surface area contributed by atoms with Crippen LogP contribution in [0.25, 0.3) is 21.9 Å². The van der Waals surface area contributed by atoms with Gasteiger partial charge in [0.05, 0.1) is 11.1 Å². The minimum atomic E-state index is -0.946. The molecule has 3 aromatic carbocycles. The van der Waals surface area contributed by atoms with E-state index < -0.39 is 11.9 Å². The van der Waals surface area contributed by atoms with E-state index in [0.717, 1.165) is 33.0 Å². The summed E-state index contributed by atoms with van der Waals surface area (Å²) in [6.07, 6.45) is 0.601. The van der Waals surface area contributed by atoms with Gasteiger partial charge in [0.1, 0.15) is 0 Å².